The SMILES string of the molecule is OCCCN1C[C@@H](c2c(O)ccc(Cl)c2F)CC1=S. The highest BCUT2D eigenvalue weighted by Gasteiger charge is 2.31. The average Bonchev–Trinajstić information content (AvgIpc) is 2.73. The monoisotopic (exact) mass is 303 g/mol. The number of aliphatic hydroxyl groups excluding tert-OH is 1. The van der Waals surface area contributed by atoms with Gasteiger partial charge in [0.1, 0.15) is 11.6 Å². The van der Waals surface area contributed by atoms with Crippen LogP contribution in [0.4, 0.5) is 4.39 Å². The Labute approximate surface area is 121 Å². The molecule has 1 aromatic carbocycles. The van der Waals surface area contributed by atoms with Crippen molar-refractivity contribution in [1.29, 1.82) is 0 Å². The number of likely N-dealkylation sites (tertiary alicyclic amines) is 1. The van der Waals surface area contributed by atoms with Crippen molar-refractivity contribution in [3.8, 4) is 5.75 Å². The third-order valence-electron chi connectivity index (χ3n) is 3.32. The molecule has 0 bridgehead atoms. The molecule has 0 saturated carbocycles. The highest BCUT2D eigenvalue weighted by atomic mass is 35.5. The van der Waals surface area contributed by atoms with Gasteiger partial charge in [-0.05, 0) is 18.6 Å². The smallest absolute Gasteiger partial charge is 0.149 e. The summed E-state index contributed by atoms with van der Waals surface area (Å²) in [6, 6.07) is 2.74. The zero-order valence-electron chi connectivity index (χ0n) is 10.3. The Hall–Kier alpha value is -0.910. The van der Waals surface area contributed by atoms with Crippen molar-refractivity contribution in [2.45, 2.75) is 18.8 Å². The third-order valence-corrected chi connectivity index (χ3v) is 4.04. The zero-order valence-corrected chi connectivity index (χ0v) is 11.8. The summed E-state index contributed by atoms with van der Waals surface area (Å²) >= 11 is 11.0. The number of benzene rings is 1. The Morgan fingerprint density at radius 1 is 1.47 bits per heavy atom. The van der Waals surface area contributed by atoms with E-state index in [1.807, 2.05) is 4.90 Å². The number of aromatic hydroxyl groups is 1. The summed E-state index contributed by atoms with van der Waals surface area (Å²) in [5.74, 6) is -0.845. The van der Waals surface area contributed by atoms with Crippen molar-refractivity contribution >= 4 is 28.8 Å². The van der Waals surface area contributed by atoms with E-state index in [-0.39, 0.29) is 28.9 Å². The van der Waals surface area contributed by atoms with Crippen molar-refractivity contribution in [1.82, 2.24) is 4.90 Å². The van der Waals surface area contributed by atoms with Gasteiger partial charge in [-0.2, -0.15) is 0 Å². The minimum atomic E-state index is -0.571. The molecule has 0 spiro atoms. The first-order valence-electron chi connectivity index (χ1n) is 6.10. The van der Waals surface area contributed by atoms with Crippen molar-refractivity contribution in [2.75, 3.05) is 19.7 Å². The first-order valence-corrected chi connectivity index (χ1v) is 6.88. The van der Waals surface area contributed by atoms with E-state index < -0.39 is 5.82 Å². The van der Waals surface area contributed by atoms with Crippen LogP contribution in [0, 0.1) is 5.82 Å². The van der Waals surface area contributed by atoms with Crippen molar-refractivity contribution in [2.24, 2.45) is 0 Å². The van der Waals surface area contributed by atoms with Crippen LogP contribution < -0.4 is 0 Å². The van der Waals surface area contributed by atoms with Gasteiger partial charge in [-0.3, -0.25) is 0 Å². The van der Waals surface area contributed by atoms with Gasteiger partial charge in [-0.1, -0.05) is 23.8 Å². The summed E-state index contributed by atoms with van der Waals surface area (Å²) in [6.07, 6.45) is 1.14. The molecule has 1 saturated heterocycles. The van der Waals surface area contributed by atoms with Gasteiger partial charge >= 0.3 is 0 Å². The fourth-order valence-electron chi connectivity index (χ4n) is 2.39. The van der Waals surface area contributed by atoms with E-state index in [1.165, 1.54) is 12.1 Å². The lowest BCUT2D eigenvalue weighted by Gasteiger charge is -2.18. The van der Waals surface area contributed by atoms with Gasteiger partial charge in [0.2, 0.25) is 0 Å². The first-order chi connectivity index (χ1) is 9.04. The fraction of sp³-hybridized carbons (Fsp3) is 0.462. The summed E-state index contributed by atoms with van der Waals surface area (Å²) in [5.41, 5.74) is 0.237. The number of hydrogen-bond donors (Lipinski definition) is 2. The van der Waals surface area contributed by atoms with E-state index >= 15 is 0 Å². The fourth-order valence-corrected chi connectivity index (χ4v) is 2.92. The maximum Gasteiger partial charge on any atom is 0.149 e. The summed E-state index contributed by atoms with van der Waals surface area (Å²) in [5, 5.41) is 18.7. The van der Waals surface area contributed by atoms with E-state index in [9.17, 15) is 9.50 Å². The van der Waals surface area contributed by atoms with Crippen LogP contribution in [0.15, 0.2) is 12.1 Å². The van der Waals surface area contributed by atoms with Crippen LogP contribution >= 0.6 is 23.8 Å². The topological polar surface area (TPSA) is 43.7 Å². The molecule has 1 aromatic rings. The number of halogens is 2. The van der Waals surface area contributed by atoms with E-state index in [4.69, 9.17) is 28.9 Å². The van der Waals surface area contributed by atoms with Crippen molar-refractivity contribution in [3.63, 3.8) is 0 Å². The van der Waals surface area contributed by atoms with E-state index in [1.54, 1.807) is 0 Å². The summed E-state index contributed by atoms with van der Waals surface area (Å²) < 4.78 is 14.0. The predicted molar refractivity (Wildman–Crippen MR) is 76.3 cm³/mol. The molecule has 3 nitrogen and oxygen atoms in total. The molecule has 104 valence electrons. The number of phenolic OH excluding ortho intramolecular Hbond substituents is 1. The van der Waals surface area contributed by atoms with Gasteiger partial charge in [-0.25, -0.2) is 4.39 Å². The molecule has 0 radical (unpaired) electrons. The number of phenols is 1. The van der Waals surface area contributed by atoms with Gasteiger partial charge in [0.05, 0.1) is 10.0 Å². The predicted octanol–water partition coefficient (Wildman–Crippen LogP) is 2.68. The van der Waals surface area contributed by atoms with Crippen molar-refractivity contribution in [3.05, 3.63) is 28.5 Å². The van der Waals surface area contributed by atoms with E-state index in [0.717, 1.165) is 4.99 Å². The number of nitrogens with zero attached hydrogens (tertiary/aromatic N) is 1. The van der Waals surface area contributed by atoms with Gasteiger partial charge in [0, 0.05) is 37.6 Å². The minimum absolute atomic E-state index is 0.00697. The largest absolute Gasteiger partial charge is 0.508 e. The Morgan fingerprint density at radius 3 is 2.89 bits per heavy atom. The lowest BCUT2D eigenvalue weighted by atomic mass is 9.97. The number of thiocarbonyl (C=S) groups is 1. The molecule has 2 rings (SSSR count). The number of hydrogen-bond acceptors (Lipinski definition) is 3. The summed E-state index contributed by atoms with van der Waals surface area (Å²) in [6.45, 7) is 1.29. The van der Waals surface area contributed by atoms with Gasteiger partial charge in [0.15, 0.2) is 0 Å². The van der Waals surface area contributed by atoms with Gasteiger partial charge < -0.3 is 15.1 Å². The molecule has 0 aromatic heterocycles. The van der Waals surface area contributed by atoms with Crippen LogP contribution in [0.25, 0.3) is 0 Å². The third kappa shape index (κ3) is 2.99. The molecule has 0 amide bonds. The quantitative estimate of drug-likeness (QED) is 0.840. The normalized spacial score (nSPS) is 19.2. The second-order valence-electron chi connectivity index (χ2n) is 4.61. The highest BCUT2D eigenvalue weighted by molar-refractivity contribution is 7.80. The van der Waals surface area contributed by atoms with Crippen molar-refractivity contribution < 1.29 is 14.6 Å². The molecule has 1 fully saturated rings. The first kappa shape index (κ1) is 14.5. The maximum absolute atomic E-state index is 14.0. The summed E-state index contributed by atoms with van der Waals surface area (Å²) in [4.78, 5) is 2.67. The van der Waals surface area contributed by atoms with Crippen LogP contribution in [0.1, 0.15) is 24.3 Å². The van der Waals surface area contributed by atoms with Crippen LogP contribution in [-0.4, -0.2) is 39.8 Å². The molecule has 0 aliphatic carbocycles. The number of aliphatic hydroxyl groups is 1. The second kappa shape index (κ2) is 6.03. The molecule has 1 heterocycles. The molecule has 19 heavy (non-hydrogen) atoms. The Bertz CT molecular complexity index is 498. The average molecular weight is 304 g/mol. The summed E-state index contributed by atoms with van der Waals surface area (Å²) in [7, 11) is 0. The molecular weight excluding hydrogens is 289 g/mol. The Balaban J connectivity index is 2.21. The van der Waals surface area contributed by atoms with Gasteiger partial charge in [-0.15, -0.1) is 0 Å². The van der Waals surface area contributed by atoms with Gasteiger partial charge in [0.25, 0.3) is 0 Å². The lowest BCUT2D eigenvalue weighted by Crippen LogP contribution is -2.25. The maximum atomic E-state index is 14.0. The lowest BCUT2D eigenvalue weighted by molar-refractivity contribution is 0.269. The van der Waals surface area contributed by atoms with Crippen LogP contribution in [-0.2, 0) is 0 Å². The zero-order chi connectivity index (χ0) is 14.0. The Kier molecular flexibility index (Phi) is 4.60. The Morgan fingerprint density at radius 2 is 2.21 bits per heavy atom. The molecule has 6 heteroatoms. The standard InChI is InChI=1S/C13H15ClFNO2S/c14-9-2-3-10(18)12(13(9)15)8-6-11(19)16(7-8)4-1-5-17/h2-3,8,17-18H,1,4-7H2/t8-/m0/s1. The molecule has 1 aliphatic rings. The van der Waals surface area contributed by atoms with Crippen LogP contribution in [0.2, 0.25) is 5.02 Å². The molecular formula is C13H15ClFNO2S. The highest BCUT2D eigenvalue weighted by Crippen LogP contribution is 2.38. The number of rotatable bonds is 4. The van der Waals surface area contributed by atoms with Crippen LogP contribution in [0.3, 0.4) is 0 Å². The van der Waals surface area contributed by atoms with E-state index in [2.05, 4.69) is 0 Å². The minimum Gasteiger partial charge on any atom is -0.508 e. The molecule has 1 aliphatic heterocycles. The van der Waals surface area contributed by atoms with E-state index in [0.29, 0.717) is 25.9 Å². The molecule has 0 unspecified atom stereocenters. The van der Waals surface area contributed by atoms with Crippen LogP contribution in [0.5, 0.6) is 5.75 Å². The second-order valence-corrected chi connectivity index (χ2v) is 5.49. The molecule has 2 N–H and O–H groups in total. The molecule has 1 atom stereocenters.